The van der Waals surface area contributed by atoms with Gasteiger partial charge in [0, 0.05) is 18.0 Å². The molecule has 2 atom stereocenters. The molecule has 0 saturated carbocycles. The van der Waals surface area contributed by atoms with Crippen molar-refractivity contribution < 1.29 is 4.79 Å². The number of piperidine rings is 1. The third-order valence-corrected chi connectivity index (χ3v) is 4.68. The Hall–Kier alpha value is -1.67. The summed E-state index contributed by atoms with van der Waals surface area (Å²) in [6, 6.07) is 14.6. The number of hydrogen-bond donors (Lipinski definition) is 1. The van der Waals surface area contributed by atoms with Gasteiger partial charge >= 0.3 is 0 Å². The van der Waals surface area contributed by atoms with Crippen LogP contribution in [-0.4, -0.2) is 18.4 Å². The molecule has 1 saturated heterocycles. The number of rotatable bonds is 4. The summed E-state index contributed by atoms with van der Waals surface area (Å²) in [5.41, 5.74) is 0.842. The summed E-state index contributed by atoms with van der Waals surface area (Å²) in [6.07, 6.45) is 4.23. The zero-order chi connectivity index (χ0) is 14.7. The van der Waals surface area contributed by atoms with Crippen molar-refractivity contribution in [3.05, 3.63) is 48.0 Å². The average Bonchev–Trinajstić information content (AvgIpc) is 2.54. The third-order valence-electron chi connectivity index (χ3n) is 4.68. The summed E-state index contributed by atoms with van der Waals surface area (Å²) in [4.78, 5) is 12.5. The molecular formula is C19H23NO. The van der Waals surface area contributed by atoms with Gasteiger partial charge in [0.1, 0.15) is 0 Å². The second-order valence-corrected chi connectivity index (χ2v) is 6.14. The molecule has 2 aromatic carbocycles. The fraction of sp³-hybridized carbons (Fsp3) is 0.421. The summed E-state index contributed by atoms with van der Waals surface area (Å²) in [6.45, 7) is 3.30. The van der Waals surface area contributed by atoms with Crippen LogP contribution in [-0.2, 0) is 0 Å². The molecule has 1 fully saturated rings. The molecule has 0 aromatic heterocycles. The molecule has 1 heterocycles. The standard InChI is InChI=1S/C19H23NO/c1-2-14-9-10-20-18(11-14)13-19(21)17-8-7-15-5-3-4-6-16(15)12-17/h3-8,12,14,18,20H,2,9-11,13H2,1H3. The molecule has 110 valence electrons. The lowest BCUT2D eigenvalue weighted by Crippen LogP contribution is -2.39. The molecule has 2 heteroatoms. The van der Waals surface area contributed by atoms with Crippen LogP contribution in [0, 0.1) is 5.92 Å². The minimum atomic E-state index is 0.259. The fourth-order valence-electron chi connectivity index (χ4n) is 3.33. The van der Waals surface area contributed by atoms with Crippen molar-refractivity contribution in [2.24, 2.45) is 5.92 Å². The van der Waals surface area contributed by atoms with Gasteiger partial charge in [0.15, 0.2) is 5.78 Å². The smallest absolute Gasteiger partial charge is 0.164 e. The van der Waals surface area contributed by atoms with E-state index in [1.54, 1.807) is 0 Å². The van der Waals surface area contributed by atoms with Crippen molar-refractivity contribution >= 4 is 16.6 Å². The Balaban J connectivity index is 1.71. The topological polar surface area (TPSA) is 29.1 Å². The van der Waals surface area contributed by atoms with E-state index in [1.807, 2.05) is 30.3 Å². The second-order valence-electron chi connectivity index (χ2n) is 6.14. The maximum Gasteiger partial charge on any atom is 0.164 e. The Morgan fingerprint density at radius 3 is 2.81 bits per heavy atom. The number of nitrogens with one attached hydrogen (secondary N) is 1. The van der Waals surface area contributed by atoms with Crippen molar-refractivity contribution in [2.45, 2.75) is 38.6 Å². The summed E-state index contributed by atoms with van der Waals surface area (Å²) in [7, 11) is 0. The van der Waals surface area contributed by atoms with Crippen molar-refractivity contribution in [3.8, 4) is 0 Å². The van der Waals surface area contributed by atoms with E-state index >= 15 is 0 Å². The van der Waals surface area contributed by atoms with E-state index in [9.17, 15) is 4.79 Å². The van der Waals surface area contributed by atoms with Gasteiger partial charge in [0.2, 0.25) is 0 Å². The van der Waals surface area contributed by atoms with E-state index in [2.05, 4.69) is 24.4 Å². The van der Waals surface area contributed by atoms with Gasteiger partial charge in [0.25, 0.3) is 0 Å². The van der Waals surface area contributed by atoms with E-state index in [4.69, 9.17) is 0 Å². The van der Waals surface area contributed by atoms with Crippen molar-refractivity contribution in [3.63, 3.8) is 0 Å². The molecule has 0 bridgehead atoms. The monoisotopic (exact) mass is 281 g/mol. The fourth-order valence-corrected chi connectivity index (χ4v) is 3.33. The summed E-state index contributed by atoms with van der Waals surface area (Å²) < 4.78 is 0. The first kappa shape index (κ1) is 14.3. The summed E-state index contributed by atoms with van der Waals surface area (Å²) in [5, 5.41) is 5.84. The lowest BCUT2D eigenvalue weighted by atomic mass is 9.87. The van der Waals surface area contributed by atoms with Gasteiger partial charge in [-0.05, 0) is 42.1 Å². The SMILES string of the molecule is CCC1CCNC(CC(=O)c2ccc3ccccc3c2)C1. The van der Waals surface area contributed by atoms with Gasteiger partial charge in [-0.2, -0.15) is 0 Å². The quantitative estimate of drug-likeness (QED) is 0.851. The number of carbonyl (C=O) groups excluding carboxylic acids is 1. The molecule has 2 nitrogen and oxygen atoms in total. The van der Waals surface area contributed by atoms with Crippen LogP contribution in [0.25, 0.3) is 10.8 Å². The van der Waals surface area contributed by atoms with Crippen LogP contribution in [0.2, 0.25) is 0 Å². The molecule has 0 spiro atoms. The van der Waals surface area contributed by atoms with E-state index in [-0.39, 0.29) is 5.78 Å². The van der Waals surface area contributed by atoms with Crippen LogP contribution >= 0.6 is 0 Å². The van der Waals surface area contributed by atoms with E-state index in [1.165, 1.54) is 18.2 Å². The Morgan fingerprint density at radius 1 is 1.19 bits per heavy atom. The van der Waals surface area contributed by atoms with Crippen LogP contribution in [0.15, 0.2) is 42.5 Å². The normalized spacial score (nSPS) is 22.3. The summed E-state index contributed by atoms with van der Waals surface area (Å²) in [5.74, 6) is 1.04. The zero-order valence-electron chi connectivity index (χ0n) is 12.6. The molecule has 2 unspecified atom stereocenters. The highest BCUT2D eigenvalue weighted by molar-refractivity contribution is 6.00. The number of hydrogen-bond acceptors (Lipinski definition) is 2. The van der Waals surface area contributed by atoms with Crippen LogP contribution in [0.1, 0.15) is 43.0 Å². The first-order chi connectivity index (χ1) is 10.3. The zero-order valence-corrected chi connectivity index (χ0v) is 12.6. The lowest BCUT2D eigenvalue weighted by Gasteiger charge is -2.29. The van der Waals surface area contributed by atoms with Crippen LogP contribution in [0.4, 0.5) is 0 Å². The van der Waals surface area contributed by atoms with Crippen LogP contribution in [0.5, 0.6) is 0 Å². The van der Waals surface area contributed by atoms with Crippen LogP contribution in [0.3, 0.4) is 0 Å². The number of fused-ring (bicyclic) bond motifs is 1. The Kier molecular flexibility index (Phi) is 4.35. The molecule has 0 amide bonds. The van der Waals surface area contributed by atoms with E-state index in [0.717, 1.165) is 29.8 Å². The van der Waals surface area contributed by atoms with Crippen LogP contribution < -0.4 is 5.32 Å². The number of ketones is 1. The molecule has 0 radical (unpaired) electrons. The van der Waals surface area contributed by atoms with Gasteiger partial charge in [0.05, 0.1) is 0 Å². The largest absolute Gasteiger partial charge is 0.314 e. The second kappa shape index (κ2) is 6.40. The Bertz CT molecular complexity index is 634. The highest BCUT2D eigenvalue weighted by Gasteiger charge is 2.22. The molecule has 0 aliphatic carbocycles. The minimum absolute atomic E-state index is 0.259. The first-order valence-corrected chi connectivity index (χ1v) is 8.01. The number of benzene rings is 2. The van der Waals surface area contributed by atoms with Gasteiger partial charge < -0.3 is 5.32 Å². The maximum absolute atomic E-state index is 12.5. The third kappa shape index (κ3) is 3.33. The molecule has 1 N–H and O–H groups in total. The molecule has 1 aliphatic rings. The molecule has 3 rings (SSSR count). The van der Waals surface area contributed by atoms with Crippen molar-refractivity contribution in [2.75, 3.05) is 6.54 Å². The van der Waals surface area contributed by atoms with Gasteiger partial charge in [-0.15, -0.1) is 0 Å². The van der Waals surface area contributed by atoms with Crippen molar-refractivity contribution in [1.29, 1.82) is 0 Å². The maximum atomic E-state index is 12.5. The predicted molar refractivity (Wildman–Crippen MR) is 87.7 cm³/mol. The Morgan fingerprint density at radius 2 is 2.00 bits per heavy atom. The highest BCUT2D eigenvalue weighted by atomic mass is 16.1. The van der Waals surface area contributed by atoms with Crippen molar-refractivity contribution in [1.82, 2.24) is 5.32 Å². The minimum Gasteiger partial charge on any atom is -0.314 e. The number of carbonyl (C=O) groups is 1. The van der Waals surface area contributed by atoms with Gasteiger partial charge in [-0.1, -0.05) is 49.7 Å². The average molecular weight is 281 g/mol. The highest BCUT2D eigenvalue weighted by Crippen LogP contribution is 2.23. The van der Waals surface area contributed by atoms with E-state index in [0.29, 0.717) is 12.5 Å². The van der Waals surface area contributed by atoms with Gasteiger partial charge in [-0.25, -0.2) is 0 Å². The molecular weight excluding hydrogens is 258 g/mol. The predicted octanol–water partition coefficient (Wildman–Crippen LogP) is 4.19. The van der Waals surface area contributed by atoms with Gasteiger partial charge in [-0.3, -0.25) is 4.79 Å². The Labute approximate surface area is 126 Å². The molecule has 2 aromatic rings. The molecule has 21 heavy (non-hydrogen) atoms. The lowest BCUT2D eigenvalue weighted by molar-refractivity contribution is 0.0957. The number of Topliss-reactive ketones (excluding diaryl/α,β-unsaturated/α-hetero) is 1. The van der Waals surface area contributed by atoms with E-state index < -0.39 is 0 Å². The first-order valence-electron chi connectivity index (χ1n) is 8.01. The molecule has 1 aliphatic heterocycles. The summed E-state index contributed by atoms with van der Waals surface area (Å²) >= 11 is 0.